The molecule has 0 bridgehead atoms. The molecular weight excluding hydrogens is 391 g/mol. The Morgan fingerprint density at radius 2 is 1.96 bits per heavy atom. The molecular formula is C16H13F4N2O4P. The summed E-state index contributed by atoms with van der Waals surface area (Å²) in [4.78, 5) is 24.4. The summed E-state index contributed by atoms with van der Waals surface area (Å²) in [5.41, 5.74) is -4.13. The maximum Gasteiger partial charge on any atom is 0.424 e. The first-order chi connectivity index (χ1) is 12.7. The van der Waals surface area contributed by atoms with Crippen molar-refractivity contribution < 1.29 is 37.1 Å². The van der Waals surface area contributed by atoms with E-state index in [1.807, 2.05) is 5.32 Å². The summed E-state index contributed by atoms with van der Waals surface area (Å²) in [7, 11) is -1.91. The van der Waals surface area contributed by atoms with Gasteiger partial charge in [-0.1, -0.05) is 0 Å². The van der Waals surface area contributed by atoms with E-state index in [9.17, 15) is 32.4 Å². The minimum Gasteiger partial charge on any atom is -0.483 e. The highest BCUT2D eigenvalue weighted by Crippen LogP contribution is 2.46. The van der Waals surface area contributed by atoms with Gasteiger partial charge in [-0.15, -0.1) is 0 Å². The summed E-state index contributed by atoms with van der Waals surface area (Å²) >= 11 is 0. The van der Waals surface area contributed by atoms with Crippen molar-refractivity contribution in [2.75, 3.05) is 12.9 Å². The van der Waals surface area contributed by atoms with E-state index >= 15 is 0 Å². The lowest BCUT2D eigenvalue weighted by Crippen LogP contribution is -2.50. The van der Waals surface area contributed by atoms with Crippen LogP contribution in [0, 0.1) is 5.82 Å². The molecule has 0 saturated heterocycles. The van der Waals surface area contributed by atoms with E-state index < -0.39 is 38.0 Å². The molecule has 27 heavy (non-hydrogen) atoms. The Balaban J connectivity index is 2.22. The predicted molar refractivity (Wildman–Crippen MR) is 87.9 cm³/mol. The number of carbonyl (C=O) groups excluding carboxylic acids is 1. The molecule has 1 aliphatic rings. The van der Waals surface area contributed by atoms with Gasteiger partial charge >= 0.3 is 6.18 Å². The third-order valence-electron chi connectivity index (χ3n) is 4.01. The summed E-state index contributed by atoms with van der Waals surface area (Å²) in [6.45, 7) is -1.17. The van der Waals surface area contributed by atoms with Crippen LogP contribution in [0.15, 0.2) is 30.3 Å². The van der Waals surface area contributed by atoms with Gasteiger partial charge in [0.2, 0.25) is 12.0 Å². The molecule has 0 fully saturated rings. The lowest BCUT2D eigenvalue weighted by Gasteiger charge is -2.30. The van der Waals surface area contributed by atoms with Crippen molar-refractivity contribution in [3.8, 4) is 17.0 Å². The number of carbonyl (C=O) groups is 1. The van der Waals surface area contributed by atoms with Crippen LogP contribution in [0.3, 0.4) is 0 Å². The second-order valence-electron chi connectivity index (χ2n) is 5.74. The zero-order chi connectivity index (χ0) is 19.8. The topological polar surface area (TPSA) is 91.7 Å². The van der Waals surface area contributed by atoms with Crippen LogP contribution in [0.1, 0.15) is 5.69 Å². The van der Waals surface area contributed by atoms with Gasteiger partial charge in [0.1, 0.15) is 17.9 Å². The van der Waals surface area contributed by atoms with Crippen molar-refractivity contribution in [3.05, 3.63) is 41.8 Å². The summed E-state index contributed by atoms with van der Waals surface area (Å²) in [6.07, 6.45) is -5.28. The average molecular weight is 404 g/mol. The largest absolute Gasteiger partial charge is 0.483 e. The van der Waals surface area contributed by atoms with Crippen molar-refractivity contribution in [2.45, 2.75) is 11.8 Å². The average Bonchev–Trinajstić information content (AvgIpc) is 3.00. The number of fused-ring (bicyclic) bond motifs is 1. The number of aromatic nitrogens is 1. The fourth-order valence-corrected chi connectivity index (χ4v) is 3.66. The third kappa shape index (κ3) is 3.47. The molecule has 0 radical (unpaired) electrons. The van der Waals surface area contributed by atoms with Gasteiger partial charge in [0.15, 0.2) is 5.75 Å². The van der Waals surface area contributed by atoms with Crippen LogP contribution in [0.5, 0.6) is 5.75 Å². The molecule has 1 aromatic heterocycles. The fraction of sp³-hybridized carbons (Fsp3) is 0.250. The molecule has 2 heterocycles. The molecule has 1 aromatic carbocycles. The van der Waals surface area contributed by atoms with Crippen LogP contribution >= 0.6 is 8.15 Å². The molecule has 2 atom stereocenters. The van der Waals surface area contributed by atoms with E-state index in [2.05, 4.69) is 4.98 Å². The van der Waals surface area contributed by atoms with Gasteiger partial charge in [-0.2, -0.15) is 13.2 Å². The number of hydrogen-bond acceptors (Lipinski definition) is 5. The number of nitrogens with one attached hydrogen (secondary N) is 1. The predicted octanol–water partition coefficient (Wildman–Crippen LogP) is 1.75. The van der Waals surface area contributed by atoms with E-state index in [4.69, 9.17) is 4.74 Å². The first-order valence-corrected chi connectivity index (χ1v) is 9.02. The second-order valence-corrected chi connectivity index (χ2v) is 7.28. The van der Waals surface area contributed by atoms with Crippen LogP contribution in [-0.4, -0.2) is 40.5 Å². The first-order valence-electron chi connectivity index (χ1n) is 7.54. The van der Waals surface area contributed by atoms with Gasteiger partial charge in [-0.05, 0) is 30.3 Å². The molecule has 3 N–H and O–H groups in total. The number of alkyl halides is 3. The Morgan fingerprint density at radius 1 is 1.30 bits per heavy atom. The summed E-state index contributed by atoms with van der Waals surface area (Å²) in [5, 5.41) is 12.2. The summed E-state index contributed by atoms with van der Waals surface area (Å²) in [6, 6.07) is 5.69. The first kappa shape index (κ1) is 19.5. The van der Waals surface area contributed by atoms with Crippen molar-refractivity contribution in [1.82, 2.24) is 10.3 Å². The molecule has 2 aromatic rings. The normalized spacial score (nSPS) is 18.4. The number of ether oxygens (including phenoxy) is 1. The molecule has 11 heteroatoms. The van der Waals surface area contributed by atoms with E-state index in [1.165, 1.54) is 12.1 Å². The lowest BCUT2D eigenvalue weighted by molar-refractivity contribution is -0.265. The molecule has 1 amide bonds. The Morgan fingerprint density at radius 3 is 2.56 bits per heavy atom. The number of aliphatic hydroxyl groups is 1. The number of rotatable bonds is 5. The molecule has 1 aliphatic heterocycles. The number of halogens is 4. The SMILES string of the molecule is O=CNCC(O)(c1cc2c(c(-c3ccc(F)cc3)n1)OCP2O)C(F)(F)F. The van der Waals surface area contributed by atoms with Crippen LogP contribution in [0.25, 0.3) is 11.3 Å². The molecule has 0 saturated carbocycles. The van der Waals surface area contributed by atoms with Gasteiger partial charge in [-0.25, -0.2) is 9.37 Å². The molecule has 0 spiro atoms. The minimum absolute atomic E-state index is 0.0208. The zero-order valence-electron chi connectivity index (χ0n) is 13.5. The summed E-state index contributed by atoms with van der Waals surface area (Å²) < 4.78 is 59.2. The fourth-order valence-electron chi connectivity index (χ4n) is 2.59. The maximum absolute atomic E-state index is 13.6. The number of nitrogens with zero attached hydrogens (tertiary/aromatic N) is 1. The summed E-state index contributed by atoms with van der Waals surface area (Å²) in [5.74, 6) is -0.481. The monoisotopic (exact) mass is 404 g/mol. The van der Waals surface area contributed by atoms with Crippen molar-refractivity contribution >= 4 is 19.9 Å². The Kier molecular flexibility index (Phi) is 5.07. The van der Waals surface area contributed by atoms with Gasteiger partial charge in [0.25, 0.3) is 0 Å². The maximum atomic E-state index is 13.6. The van der Waals surface area contributed by atoms with Crippen molar-refractivity contribution in [2.24, 2.45) is 0 Å². The quantitative estimate of drug-likeness (QED) is 0.401. The molecule has 0 aliphatic carbocycles. The highest BCUT2D eigenvalue weighted by Gasteiger charge is 2.56. The number of pyridine rings is 1. The van der Waals surface area contributed by atoms with Crippen molar-refractivity contribution in [1.29, 1.82) is 0 Å². The lowest BCUT2D eigenvalue weighted by atomic mass is 9.97. The van der Waals surface area contributed by atoms with Crippen LogP contribution in [0.4, 0.5) is 17.6 Å². The minimum atomic E-state index is -5.16. The molecule has 144 valence electrons. The van der Waals surface area contributed by atoms with Gasteiger partial charge < -0.3 is 20.1 Å². The van der Waals surface area contributed by atoms with E-state index in [-0.39, 0.29) is 35.1 Å². The van der Waals surface area contributed by atoms with Gasteiger partial charge in [-0.3, -0.25) is 4.79 Å². The van der Waals surface area contributed by atoms with Crippen LogP contribution < -0.4 is 15.4 Å². The molecule has 3 rings (SSSR count). The standard InChI is InChI=1S/C16H13F4N2O4P/c17-10-3-1-9(2-4-10)13-14-11(27(25)8-26-14)5-12(22-13)15(24,6-21-7-23)16(18,19)20/h1-5,7,24-25H,6,8H2,(H,21,23). The highest BCUT2D eigenvalue weighted by molar-refractivity contribution is 7.60. The van der Waals surface area contributed by atoms with E-state index in [1.54, 1.807) is 0 Å². The number of hydrogen-bond donors (Lipinski definition) is 3. The van der Waals surface area contributed by atoms with Gasteiger partial charge in [0.05, 0.1) is 25.7 Å². The third-order valence-corrected chi connectivity index (χ3v) is 5.28. The van der Waals surface area contributed by atoms with E-state index in [0.717, 1.165) is 18.2 Å². The Hall–Kier alpha value is -2.29. The number of benzene rings is 1. The molecule has 6 nitrogen and oxygen atoms in total. The highest BCUT2D eigenvalue weighted by atomic mass is 31.1. The number of amides is 1. The zero-order valence-corrected chi connectivity index (χ0v) is 14.4. The Labute approximate surface area is 151 Å². The second kappa shape index (κ2) is 7.03. The van der Waals surface area contributed by atoms with E-state index in [0.29, 0.717) is 0 Å². The smallest absolute Gasteiger partial charge is 0.424 e. The Bertz CT molecular complexity index is 863. The van der Waals surface area contributed by atoms with Gasteiger partial charge in [0, 0.05) is 5.56 Å². The van der Waals surface area contributed by atoms with Crippen molar-refractivity contribution in [3.63, 3.8) is 0 Å². The molecule has 2 unspecified atom stereocenters. The van der Waals surface area contributed by atoms with Crippen LogP contribution in [0.2, 0.25) is 0 Å². The van der Waals surface area contributed by atoms with Crippen LogP contribution in [-0.2, 0) is 10.4 Å².